The van der Waals surface area contributed by atoms with Gasteiger partial charge in [-0.1, -0.05) is 48.0 Å². The van der Waals surface area contributed by atoms with E-state index in [4.69, 9.17) is 11.6 Å². The smallest absolute Gasteiger partial charge is 0.274 e. The van der Waals surface area contributed by atoms with Crippen LogP contribution in [0.2, 0.25) is 5.02 Å². The molecule has 0 spiro atoms. The Morgan fingerprint density at radius 2 is 1.75 bits per heavy atom. The summed E-state index contributed by atoms with van der Waals surface area (Å²) in [6.07, 6.45) is 2.31. The number of aromatic nitrogens is 1. The normalized spacial score (nSPS) is 13.0. The largest absolute Gasteiger partial charge is 0.334 e. The van der Waals surface area contributed by atoms with Gasteiger partial charge in [0.1, 0.15) is 5.69 Å². The van der Waals surface area contributed by atoms with Crippen molar-refractivity contribution >= 4 is 29.1 Å². The maximum atomic E-state index is 12.9. The van der Waals surface area contributed by atoms with Gasteiger partial charge in [-0.25, -0.2) is 0 Å². The molecule has 140 valence electrons. The summed E-state index contributed by atoms with van der Waals surface area (Å²) < 4.78 is 0. The highest BCUT2D eigenvalue weighted by molar-refractivity contribution is 6.33. The van der Waals surface area contributed by atoms with Crippen molar-refractivity contribution in [2.24, 2.45) is 0 Å². The van der Waals surface area contributed by atoms with Crippen LogP contribution in [0.25, 0.3) is 0 Å². The zero-order valence-corrected chi connectivity index (χ0v) is 15.8. The van der Waals surface area contributed by atoms with Crippen molar-refractivity contribution in [2.75, 3.05) is 11.9 Å². The molecule has 1 aromatic heterocycles. The number of fused-ring (bicyclic) bond motifs is 1. The third kappa shape index (κ3) is 3.75. The Kier molecular flexibility index (Phi) is 5.08. The van der Waals surface area contributed by atoms with Crippen LogP contribution in [-0.4, -0.2) is 28.2 Å². The predicted molar refractivity (Wildman–Crippen MR) is 109 cm³/mol. The van der Waals surface area contributed by atoms with Crippen LogP contribution in [0.15, 0.2) is 66.9 Å². The fraction of sp³-hybridized carbons (Fsp3) is 0.136. The quantitative estimate of drug-likeness (QED) is 0.728. The van der Waals surface area contributed by atoms with Crippen molar-refractivity contribution in [1.82, 2.24) is 9.88 Å². The van der Waals surface area contributed by atoms with E-state index in [9.17, 15) is 9.59 Å². The van der Waals surface area contributed by atoms with Crippen LogP contribution in [0.1, 0.15) is 32.0 Å². The molecule has 2 amide bonds. The minimum Gasteiger partial charge on any atom is -0.334 e. The maximum absolute atomic E-state index is 12.9. The van der Waals surface area contributed by atoms with Crippen LogP contribution < -0.4 is 5.32 Å². The van der Waals surface area contributed by atoms with Crippen LogP contribution in [0.5, 0.6) is 0 Å². The van der Waals surface area contributed by atoms with Crippen molar-refractivity contribution in [3.63, 3.8) is 0 Å². The van der Waals surface area contributed by atoms with Crippen LogP contribution >= 0.6 is 11.6 Å². The number of hydrogen-bond acceptors (Lipinski definition) is 3. The number of rotatable bonds is 3. The van der Waals surface area contributed by atoms with Gasteiger partial charge in [-0.05, 0) is 41.8 Å². The van der Waals surface area contributed by atoms with E-state index in [1.807, 2.05) is 18.2 Å². The molecular weight excluding hydrogens is 374 g/mol. The molecule has 1 aliphatic rings. The minimum atomic E-state index is -0.410. The Morgan fingerprint density at radius 3 is 2.57 bits per heavy atom. The Balaban J connectivity index is 1.51. The fourth-order valence-electron chi connectivity index (χ4n) is 3.29. The molecule has 0 radical (unpaired) electrons. The number of hydrogen-bond donors (Lipinski definition) is 1. The third-order valence-corrected chi connectivity index (χ3v) is 5.11. The van der Waals surface area contributed by atoms with Gasteiger partial charge >= 0.3 is 0 Å². The number of nitrogens with zero attached hydrogens (tertiary/aromatic N) is 2. The molecule has 0 aliphatic carbocycles. The number of amides is 2. The predicted octanol–water partition coefficient (Wildman–Crippen LogP) is 4.19. The second-order valence-corrected chi connectivity index (χ2v) is 7.02. The first-order valence-corrected chi connectivity index (χ1v) is 9.37. The molecule has 1 aliphatic heterocycles. The molecule has 0 saturated heterocycles. The number of pyridine rings is 1. The molecule has 0 bridgehead atoms. The minimum absolute atomic E-state index is 0.108. The van der Waals surface area contributed by atoms with E-state index in [0.29, 0.717) is 29.4 Å². The van der Waals surface area contributed by atoms with E-state index >= 15 is 0 Å². The highest BCUT2D eigenvalue weighted by Gasteiger charge is 2.22. The van der Waals surface area contributed by atoms with E-state index in [-0.39, 0.29) is 11.6 Å². The third-order valence-electron chi connectivity index (χ3n) is 4.78. The molecule has 0 atom stereocenters. The Labute approximate surface area is 168 Å². The van der Waals surface area contributed by atoms with Crippen LogP contribution in [0.4, 0.5) is 5.69 Å². The molecule has 5 nitrogen and oxygen atoms in total. The number of carbonyl (C=O) groups excluding carboxylic acids is 2. The number of para-hydroxylation sites is 1. The molecule has 0 fully saturated rings. The number of nitrogens with one attached hydrogen (secondary N) is 1. The van der Waals surface area contributed by atoms with Gasteiger partial charge < -0.3 is 10.2 Å². The lowest BCUT2D eigenvalue weighted by molar-refractivity contribution is 0.0734. The highest BCUT2D eigenvalue weighted by atomic mass is 35.5. The van der Waals surface area contributed by atoms with Gasteiger partial charge in [0, 0.05) is 24.8 Å². The summed E-state index contributed by atoms with van der Waals surface area (Å²) in [5, 5.41) is 3.17. The van der Waals surface area contributed by atoms with E-state index in [2.05, 4.69) is 16.4 Å². The van der Waals surface area contributed by atoms with Gasteiger partial charge in [-0.3, -0.25) is 14.6 Å². The first-order chi connectivity index (χ1) is 13.6. The van der Waals surface area contributed by atoms with Crippen molar-refractivity contribution < 1.29 is 9.59 Å². The van der Waals surface area contributed by atoms with Gasteiger partial charge in [-0.15, -0.1) is 0 Å². The maximum Gasteiger partial charge on any atom is 0.274 e. The number of halogens is 1. The zero-order valence-electron chi connectivity index (χ0n) is 15.1. The Hall–Kier alpha value is -3.18. The second kappa shape index (κ2) is 7.82. The first-order valence-electron chi connectivity index (χ1n) is 9.00. The molecule has 1 N–H and O–H groups in total. The summed E-state index contributed by atoms with van der Waals surface area (Å²) in [5.41, 5.74) is 3.55. The van der Waals surface area contributed by atoms with E-state index in [1.54, 1.807) is 35.2 Å². The highest BCUT2D eigenvalue weighted by Crippen LogP contribution is 2.22. The number of anilines is 1. The van der Waals surface area contributed by atoms with Gasteiger partial charge in [-0.2, -0.15) is 0 Å². The first kappa shape index (κ1) is 18.2. The molecule has 0 unspecified atom stereocenters. The number of carbonyl (C=O) groups is 2. The average molecular weight is 392 g/mol. The van der Waals surface area contributed by atoms with Crippen LogP contribution in [-0.2, 0) is 13.0 Å². The summed E-state index contributed by atoms with van der Waals surface area (Å²) in [4.78, 5) is 31.4. The lowest BCUT2D eigenvalue weighted by atomic mass is 9.99. The molecule has 0 saturated carbocycles. The Morgan fingerprint density at radius 1 is 1.00 bits per heavy atom. The number of benzene rings is 2. The molecule has 6 heteroatoms. The zero-order chi connectivity index (χ0) is 19.5. The SMILES string of the molecule is O=C(Nc1ccccc1Cl)c1cc(C(=O)N2CCc3ccccc3C2)ccn1. The topological polar surface area (TPSA) is 62.3 Å². The van der Waals surface area contributed by atoms with Gasteiger partial charge in [0.15, 0.2) is 0 Å². The summed E-state index contributed by atoms with van der Waals surface area (Å²) in [7, 11) is 0. The van der Waals surface area contributed by atoms with E-state index in [1.165, 1.54) is 17.8 Å². The van der Waals surface area contributed by atoms with Gasteiger partial charge in [0.25, 0.3) is 11.8 Å². The van der Waals surface area contributed by atoms with Gasteiger partial charge in [0.05, 0.1) is 10.7 Å². The molecule has 2 heterocycles. The lowest BCUT2D eigenvalue weighted by Crippen LogP contribution is -2.36. The van der Waals surface area contributed by atoms with E-state index < -0.39 is 5.91 Å². The summed E-state index contributed by atoms with van der Waals surface area (Å²) in [6.45, 7) is 1.22. The average Bonchev–Trinajstić information content (AvgIpc) is 2.74. The molecular formula is C22H18ClN3O2. The molecule has 28 heavy (non-hydrogen) atoms. The summed E-state index contributed by atoms with van der Waals surface area (Å²) >= 11 is 6.08. The molecule has 3 aromatic rings. The summed E-state index contributed by atoms with van der Waals surface area (Å²) in [5.74, 6) is -0.518. The molecule has 2 aromatic carbocycles. The van der Waals surface area contributed by atoms with Crippen LogP contribution in [0.3, 0.4) is 0 Å². The second-order valence-electron chi connectivity index (χ2n) is 6.61. The fourth-order valence-corrected chi connectivity index (χ4v) is 3.47. The van der Waals surface area contributed by atoms with Gasteiger partial charge in [0.2, 0.25) is 0 Å². The monoisotopic (exact) mass is 391 g/mol. The lowest BCUT2D eigenvalue weighted by Gasteiger charge is -2.29. The Bertz CT molecular complexity index is 1050. The molecule has 4 rings (SSSR count). The van der Waals surface area contributed by atoms with Crippen molar-refractivity contribution in [3.8, 4) is 0 Å². The van der Waals surface area contributed by atoms with E-state index in [0.717, 1.165) is 12.0 Å². The van der Waals surface area contributed by atoms with Crippen molar-refractivity contribution in [2.45, 2.75) is 13.0 Å². The van der Waals surface area contributed by atoms with Crippen molar-refractivity contribution in [1.29, 1.82) is 0 Å². The standard InChI is InChI=1S/C22H18ClN3O2/c23-18-7-3-4-8-19(18)25-21(27)20-13-16(9-11-24-20)22(28)26-12-10-15-5-1-2-6-17(15)14-26/h1-9,11,13H,10,12,14H2,(H,25,27). The van der Waals surface area contributed by atoms with Crippen molar-refractivity contribution in [3.05, 3.63) is 94.3 Å². The summed E-state index contributed by atoms with van der Waals surface area (Å²) in [6, 6.07) is 18.3. The van der Waals surface area contributed by atoms with Crippen LogP contribution in [0, 0.1) is 0 Å².